The van der Waals surface area contributed by atoms with E-state index < -0.39 is 0 Å². The summed E-state index contributed by atoms with van der Waals surface area (Å²) in [4.78, 5) is 14.6. The molecule has 0 aromatic rings. The molecule has 0 aromatic heterocycles. The number of ketones is 1. The van der Waals surface area contributed by atoms with Crippen LogP contribution in [0.5, 0.6) is 0 Å². The van der Waals surface area contributed by atoms with E-state index in [-0.39, 0.29) is 5.41 Å². The summed E-state index contributed by atoms with van der Waals surface area (Å²) in [5.41, 5.74) is -0.178. The number of carbonyl (C=O) groups excluding carboxylic acids is 1. The molecule has 1 saturated carbocycles. The van der Waals surface area contributed by atoms with Gasteiger partial charge in [-0.25, -0.2) is 0 Å². The summed E-state index contributed by atoms with van der Waals surface area (Å²) >= 11 is 0. The summed E-state index contributed by atoms with van der Waals surface area (Å²) in [6, 6.07) is 0.712. The van der Waals surface area contributed by atoms with Crippen LogP contribution in [-0.4, -0.2) is 29.8 Å². The van der Waals surface area contributed by atoms with Gasteiger partial charge >= 0.3 is 0 Å². The lowest BCUT2D eigenvalue weighted by atomic mass is 9.89. The van der Waals surface area contributed by atoms with Crippen molar-refractivity contribution in [3.05, 3.63) is 0 Å². The molecule has 2 nitrogen and oxygen atoms in total. The first-order valence-electron chi connectivity index (χ1n) is 7.26. The Labute approximate surface area is 106 Å². The molecule has 2 fully saturated rings. The van der Waals surface area contributed by atoms with E-state index in [1.54, 1.807) is 0 Å². The van der Waals surface area contributed by atoms with Crippen LogP contribution in [0.1, 0.15) is 59.3 Å². The van der Waals surface area contributed by atoms with Crippen LogP contribution in [0.3, 0.4) is 0 Å². The molecule has 1 saturated heterocycles. The molecule has 2 aliphatic rings. The highest BCUT2D eigenvalue weighted by atomic mass is 16.1. The van der Waals surface area contributed by atoms with Gasteiger partial charge in [0.2, 0.25) is 0 Å². The van der Waals surface area contributed by atoms with Gasteiger partial charge in [-0.15, -0.1) is 0 Å². The van der Waals surface area contributed by atoms with E-state index in [2.05, 4.69) is 4.90 Å². The van der Waals surface area contributed by atoms with Crippen molar-refractivity contribution in [3.8, 4) is 0 Å². The average molecular weight is 237 g/mol. The summed E-state index contributed by atoms with van der Waals surface area (Å²) in [7, 11) is 0. The second-order valence-electron chi connectivity index (χ2n) is 6.90. The highest BCUT2D eigenvalue weighted by molar-refractivity contribution is 5.85. The first-order chi connectivity index (χ1) is 7.98. The molecule has 1 heterocycles. The number of hydrogen-bond acceptors (Lipinski definition) is 2. The molecule has 0 N–H and O–H groups in total. The summed E-state index contributed by atoms with van der Waals surface area (Å²) in [6.07, 6.45) is 8.21. The predicted octanol–water partition coefficient (Wildman–Crippen LogP) is 3.26. The van der Waals surface area contributed by atoms with Gasteiger partial charge in [-0.2, -0.15) is 0 Å². The van der Waals surface area contributed by atoms with Crippen LogP contribution in [0, 0.1) is 11.3 Å². The summed E-state index contributed by atoms with van der Waals surface area (Å²) < 4.78 is 0. The van der Waals surface area contributed by atoms with Crippen LogP contribution in [0.2, 0.25) is 0 Å². The summed E-state index contributed by atoms with van der Waals surface area (Å²) in [5, 5.41) is 0. The third-order valence-corrected chi connectivity index (χ3v) is 4.54. The molecule has 17 heavy (non-hydrogen) atoms. The second kappa shape index (κ2) is 5.09. The summed E-state index contributed by atoms with van der Waals surface area (Å²) in [6.45, 7) is 7.94. The molecule has 1 aliphatic heterocycles. The Morgan fingerprint density at radius 3 is 2.35 bits per heavy atom. The normalized spacial score (nSPS) is 27.8. The van der Waals surface area contributed by atoms with Crippen molar-refractivity contribution in [1.29, 1.82) is 0 Å². The number of nitrogens with zero attached hydrogens (tertiary/aromatic N) is 1. The van der Waals surface area contributed by atoms with Crippen molar-refractivity contribution in [2.45, 2.75) is 65.3 Å². The first kappa shape index (κ1) is 13.1. The van der Waals surface area contributed by atoms with Gasteiger partial charge < -0.3 is 0 Å². The highest BCUT2D eigenvalue weighted by Crippen LogP contribution is 2.35. The lowest BCUT2D eigenvalue weighted by Crippen LogP contribution is -2.41. The second-order valence-corrected chi connectivity index (χ2v) is 6.90. The van der Waals surface area contributed by atoms with Gasteiger partial charge in [0.1, 0.15) is 0 Å². The van der Waals surface area contributed by atoms with E-state index >= 15 is 0 Å². The molecule has 0 spiro atoms. The van der Waals surface area contributed by atoms with E-state index in [9.17, 15) is 4.79 Å². The fourth-order valence-corrected chi connectivity index (χ4v) is 3.35. The molecule has 1 atom stereocenters. The Morgan fingerprint density at radius 1 is 1.12 bits per heavy atom. The average Bonchev–Trinajstić information content (AvgIpc) is 2.83. The van der Waals surface area contributed by atoms with Gasteiger partial charge in [-0.3, -0.25) is 9.69 Å². The number of carbonyl (C=O) groups is 1. The number of rotatable bonds is 3. The minimum atomic E-state index is -0.178. The van der Waals surface area contributed by atoms with Crippen LogP contribution in [0.4, 0.5) is 0 Å². The van der Waals surface area contributed by atoms with Crippen LogP contribution in [0.15, 0.2) is 0 Å². The fourth-order valence-electron chi connectivity index (χ4n) is 3.35. The van der Waals surface area contributed by atoms with E-state index in [1.165, 1.54) is 38.5 Å². The van der Waals surface area contributed by atoms with E-state index in [0.717, 1.165) is 12.5 Å². The third-order valence-electron chi connectivity index (χ3n) is 4.54. The van der Waals surface area contributed by atoms with Gasteiger partial charge in [0.15, 0.2) is 5.78 Å². The van der Waals surface area contributed by atoms with Gasteiger partial charge in [0.25, 0.3) is 0 Å². The van der Waals surface area contributed by atoms with Crippen LogP contribution in [-0.2, 0) is 4.79 Å². The molecular formula is C15H27NO. The zero-order valence-electron chi connectivity index (χ0n) is 11.7. The predicted molar refractivity (Wildman–Crippen MR) is 71.0 cm³/mol. The third kappa shape index (κ3) is 3.09. The lowest BCUT2D eigenvalue weighted by molar-refractivity contribution is -0.127. The molecule has 2 heteroatoms. The Balaban J connectivity index is 1.93. The topological polar surface area (TPSA) is 20.3 Å². The van der Waals surface area contributed by atoms with Crippen molar-refractivity contribution < 1.29 is 4.79 Å². The fraction of sp³-hybridized carbons (Fsp3) is 0.933. The quantitative estimate of drug-likeness (QED) is 0.751. The van der Waals surface area contributed by atoms with Crippen molar-refractivity contribution in [2.24, 2.45) is 11.3 Å². The van der Waals surface area contributed by atoms with Crippen molar-refractivity contribution in [3.63, 3.8) is 0 Å². The first-order valence-corrected chi connectivity index (χ1v) is 7.26. The van der Waals surface area contributed by atoms with Gasteiger partial charge in [-0.05, 0) is 38.1 Å². The zero-order valence-corrected chi connectivity index (χ0v) is 11.7. The number of Topliss-reactive ketones (excluding diaryl/α,β-unsaturated/α-hetero) is 1. The molecular weight excluding hydrogens is 210 g/mol. The Kier molecular flexibility index (Phi) is 3.92. The smallest absolute Gasteiger partial charge is 0.152 e. The maximum absolute atomic E-state index is 12.1. The molecule has 0 amide bonds. The Bertz CT molecular complexity index is 273. The maximum Gasteiger partial charge on any atom is 0.152 e. The van der Waals surface area contributed by atoms with E-state index in [4.69, 9.17) is 0 Å². The molecule has 2 rings (SSSR count). The van der Waals surface area contributed by atoms with Gasteiger partial charge in [0, 0.05) is 11.5 Å². The van der Waals surface area contributed by atoms with Crippen LogP contribution >= 0.6 is 0 Å². The van der Waals surface area contributed by atoms with E-state index in [1.807, 2.05) is 20.8 Å². The number of hydrogen-bond donors (Lipinski definition) is 0. The largest absolute Gasteiger partial charge is 0.298 e. The standard InChI is InChI=1S/C15H27NO/c1-15(2,3)14(17)11-16-10-6-9-13(16)12-7-4-5-8-12/h12-13H,4-11H2,1-3H3. The van der Waals surface area contributed by atoms with Gasteiger partial charge in [-0.1, -0.05) is 33.6 Å². The maximum atomic E-state index is 12.1. The van der Waals surface area contributed by atoms with Crippen molar-refractivity contribution in [2.75, 3.05) is 13.1 Å². The number of likely N-dealkylation sites (tertiary alicyclic amines) is 1. The molecule has 0 radical (unpaired) electrons. The summed E-state index contributed by atoms with van der Waals surface area (Å²) in [5.74, 6) is 1.28. The van der Waals surface area contributed by atoms with Crippen molar-refractivity contribution in [1.82, 2.24) is 4.90 Å². The SMILES string of the molecule is CC(C)(C)C(=O)CN1CCCC1C1CCCC1. The minimum absolute atomic E-state index is 0.178. The highest BCUT2D eigenvalue weighted by Gasteiger charge is 2.35. The molecule has 1 unspecified atom stereocenters. The van der Waals surface area contributed by atoms with Gasteiger partial charge in [0.05, 0.1) is 6.54 Å². The van der Waals surface area contributed by atoms with Crippen LogP contribution < -0.4 is 0 Å². The Morgan fingerprint density at radius 2 is 1.76 bits per heavy atom. The molecule has 0 bridgehead atoms. The minimum Gasteiger partial charge on any atom is -0.298 e. The Hall–Kier alpha value is -0.370. The monoisotopic (exact) mass is 237 g/mol. The van der Waals surface area contributed by atoms with Crippen LogP contribution in [0.25, 0.3) is 0 Å². The molecule has 0 aromatic carbocycles. The molecule has 98 valence electrons. The van der Waals surface area contributed by atoms with E-state index in [0.29, 0.717) is 18.4 Å². The molecule has 1 aliphatic carbocycles. The lowest BCUT2D eigenvalue weighted by Gasteiger charge is -2.30. The zero-order chi connectivity index (χ0) is 12.5. The van der Waals surface area contributed by atoms with Crippen molar-refractivity contribution >= 4 is 5.78 Å².